The molecule has 1 aliphatic carbocycles. The molecule has 1 aromatic heterocycles. The largest absolute Gasteiger partial charge is 0.416 e. The van der Waals surface area contributed by atoms with Crippen molar-refractivity contribution in [3.63, 3.8) is 0 Å². The fraction of sp³-hybridized carbons (Fsp3) is 0.353. The number of rotatable bonds is 7. The maximum atomic E-state index is 15.0. The number of fused-ring (bicyclic) bond motifs is 2. The predicted octanol–water partition coefficient (Wildman–Crippen LogP) is 6.05. The molecule has 0 bridgehead atoms. The highest BCUT2D eigenvalue weighted by atomic mass is 35.5. The number of halogens is 5. The van der Waals surface area contributed by atoms with Crippen molar-refractivity contribution < 1.29 is 17.6 Å². The highest BCUT2D eigenvalue weighted by Crippen LogP contribution is 2.45. The second-order valence-corrected chi connectivity index (χ2v) is 12.5. The molecule has 0 unspecified atom stereocenters. The standard InChI is InChI=1S/C34H33ClF4N4O2/c35-24-9-4-6-22(18-24)19-41-16-14-33(15-17-41)13-12-29-30(33)31(44)43(21-28(40)23-7-2-1-3-8-23)32(45)42(29)20-25-26(34(37,38)39)10-5-11-27(25)36/h1-11,18,28H,12-17,19-21,40H2/t28-/m0/s1. The van der Waals surface area contributed by atoms with Gasteiger partial charge in [-0.15, -0.1) is 0 Å². The summed E-state index contributed by atoms with van der Waals surface area (Å²) >= 11 is 6.18. The van der Waals surface area contributed by atoms with Gasteiger partial charge in [0.05, 0.1) is 18.7 Å². The summed E-state index contributed by atoms with van der Waals surface area (Å²) in [6.45, 7) is 1.22. The zero-order valence-corrected chi connectivity index (χ0v) is 25.3. The molecule has 6 rings (SSSR count). The van der Waals surface area contributed by atoms with Gasteiger partial charge in [-0.1, -0.05) is 60.1 Å². The van der Waals surface area contributed by atoms with E-state index in [1.54, 1.807) is 24.3 Å². The Labute approximate surface area is 262 Å². The number of nitrogens with two attached hydrogens (primary N) is 1. The average Bonchev–Trinajstić information content (AvgIpc) is 3.37. The maximum Gasteiger partial charge on any atom is 0.416 e. The van der Waals surface area contributed by atoms with Crippen LogP contribution < -0.4 is 17.0 Å². The molecule has 4 aromatic rings. The number of aromatic nitrogens is 2. The van der Waals surface area contributed by atoms with E-state index in [1.165, 1.54) is 4.57 Å². The molecule has 2 aliphatic rings. The third-order valence-corrected chi connectivity index (χ3v) is 9.60. The Hall–Kier alpha value is -3.73. The van der Waals surface area contributed by atoms with Gasteiger partial charge in [-0.3, -0.25) is 18.8 Å². The first kappa shape index (κ1) is 31.3. The molecule has 1 aliphatic heterocycles. The molecular formula is C34H33ClF4N4O2. The highest BCUT2D eigenvalue weighted by molar-refractivity contribution is 6.30. The maximum absolute atomic E-state index is 15.0. The molecule has 2 heterocycles. The summed E-state index contributed by atoms with van der Waals surface area (Å²) in [5.41, 5.74) is 5.44. The number of benzene rings is 3. The van der Waals surface area contributed by atoms with Crippen LogP contribution in [0.2, 0.25) is 5.02 Å². The molecule has 1 spiro atoms. The Balaban J connectivity index is 1.42. The van der Waals surface area contributed by atoms with E-state index in [0.29, 0.717) is 67.2 Å². The van der Waals surface area contributed by atoms with Gasteiger partial charge in [0.15, 0.2) is 0 Å². The Morgan fingerprint density at radius 2 is 1.60 bits per heavy atom. The minimum Gasteiger partial charge on any atom is -0.322 e. The van der Waals surface area contributed by atoms with Crippen LogP contribution in [-0.4, -0.2) is 27.1 Å². The summed E-state index contributed by atoms with van der Waals surface area (Å²) in [6.07, 6.45) is -2.67. The zero-order valence-electron chi connectivity index (χ0n) is 24.5. The van der Waals surface area contributed by atoms with Crippen molar-refractivity contribution in [1.29, 1.82) is 0 Å². The second kappa shape index (κ2) is 12.2. The third-order valence-electron chi connectivity index (χ3n) is 9.36. The van der Waals surface area contributed by atoms with E-state index in [2.05, 4.69) is 4.90 Å². The Kier molecular flexibility index (Phi) is 8.49. The zero-order chi connectivity index (χ0) is 31.9. The van der Waals surface area contributed by atoms with Crippen molar-refractivity contribution >= 4 is 11.6 Å². The molecule has 3 aromatic carbocycles. The molecule has 1 fully saturated rings. The number of hydrogen-bond donors (Lipinski definition) is 1. The Morgan fingerprint density at radius 3 is 2.29 bits per heavy atom. The van der Waals surface area contributed by atoms with Crippen LogP contribution in [0.5, 0.6) is 0 Å². The molecule has 11 heteroatoms. The monoisotopic (exact) mass is 640 g/mol. The molecule has 1 atom stereocenters. The van der Waals surface area contributed by atoms with Crippen LogP contribution in [-0.2, 0) is 37.6 Å². The summed E-state index contributed by atoms with van der Waals surface area (Å²) in [7, 11) is 0. The smallest absolute Gasteiger partial charge is 0.322 e. The summed E-state index contributed by atoms with van der Waals surface area (Å²) in [6, 6.07) is 18.7. The Bertz CT molecular complexity index is 1830. The van der Waals surface area contributed by atoms with Gasteiger partial charge in [0.1, 0.15) is 5.82 Å². The van der Waals surface area contributed by atoms with E-state index in [4.69, 9.17) is 17.3 Å². The van der Waals surface area contributed by atoms with Gasteiger partial charge < -0.3 is 5.73 Å². The van der Waals surface area contributed by atoms with Crippen LogP contribution in [0.25, 0.3) is 0 Å². The van der Waals surface area contributed by atoms with Crippen LogP contribution in [0.15, 0.2) is 82.4 Å². The van der Waals surface area contributed by atoms with Gasteiger partial charge in [0, 0.05) is 39.8 Å². The van der Waals surface area contributed by atoms with Gasteiger partial charge in [0.25, 0.3) is 5.56 Å². The lowest BCUT2D eigenvalue weighted by Gasteiger charge is -2.40. The van der Waals surface area contributed by atoms with Crippen molar-refractivity contribution in [3.05, 3.63) is 138 Å². The van der Waals surface area contributed by atoms with Crippen molar-refractivity contribution in [2.45, 2.75) is 63.0 Å². The van der Waals surface area contributed by atoms with Gasteiger partial charge in [0.2, 0.25) is 0 Å². The van der Waals surface area contributed by atoms with Crippen LogP contribution in [0.4, 0.5) is 17.6 Å². The van der Waals surface area contributed by atoms with Crippen LogP contribution in [0, 0.1) is 5.82 Å². The molecule has 1 saturated heterocycles. The van der Waals surface area contributed by atoms with Crippen molar-refractivity contribution in [2.75, 3.05) is 13.1 Å². The third kappa shape index (κ3) is 6.11. The highest BCUT2D eigenvalue weighted by Gasteiger charge is 2.46. The molecule has 6 nitrogen and oxygen atoms in total. The van der Waals surface area contributed by atoms with Gasteiger partial charge >= 0.3 is 11.9 Å². The summed E-state index contributed by atoms with van der Waals surface area (Å²) in [4.78, 5) is 30.5. The lowest BCUT2D eigenvalue weighted by Crippen LogP contribution is -2.49. The number of piperidine rings is 1. The van der Waals surface area contributed by atoms with E-state index in [1.807, 2.05) is 30.3 Å². The lowest BCUT2D eigenvalue weighted by atomic mass is 9.74. The van der Waals surface area contributed by atoms with E-state index in [9.17, 15) is 22.8 Å². The number of alkyl halides is 3. The lowest BCUT2D eigenvalue weighted by molar-refractivity contribution is -0.138. The van der Waals surface area contributed by atoms with Crippen molar-refractivity contribution in [2.24, 2.45) is 5.73 Å². The van der Waals surface area contributed by atoms with Crippen LogP contribution >= 0.6 is 11.6 Å². The van der Waals surface area contributed by atoms with Gasteiger partial charge in [-0.05, 0) is 74.2 Å². The number of nitrogens with zero attached hydrogens (tertiary/aromatic N) is 3. The fourth-order valence-corrected chi connectivity index (χ4v) is 7.23. The summed E-state index contributed by atoms with van der Waals surface area (Å²) in [5.74, 6) is -1.06. The molecule has 2 N–H and O–H groups in total. The number of likely N-dealkylation sites (tertiary alicyclic amines) is 1. The van der Waals surface area contributed by atoms with E-state index in [0.717, 1.165) is 28.3 Å². The van der Waals surface area contributed by atoms with E-state index >= 15 is 4.39 Å². The SMILES string of the molecule is N[C@@H](Cn1c(=O)c2c(n(Cc3c(F)cccc3C(F)(F)F)c1=O)CCC21CCN(Cc2cccc(Cl)c2)CC1)c1ccccc1. The van der Waals surface area contributed by atoms with Crippen molar-refractivity contribution in [1.82, 2.24) is 14.0 Å². The summed E-state index contributed by atoms with van der Waals surface area (Å²) in [5, 5.41) is 0.654. The first-order valence-corrected chi connectivity index (χ1v) is 15.3. The first-order chi connectivity index (χ1) is 21.5. The summed E-state index contributed by atoms with van der Waals surface area (Å²) < 4.78 is 59.2. The fourth-order valence-electron chi connectivity index (χ4n) is 7.02. The van der Waals surface area contributed by atoms with Gasteiger partial charge in [-0.25, -0.2) is 9.18 Å². The molecule has 0 radical (unpaired) electrons. The predicted molar refractivity (Wildman–Crippen MR) is 165 cm³/mol. The minimum absolute atomic E-state index is 0.171. The second-order valence-electron chi connectivity index (χ2n) is 12.1. The first-order valence-electron chi connectivity index (χ1n) is 15.0. The topological polar surface area (TPSA) is 73.3 Å². The molecule has 236 valence electrons. The van der Waals surface area contributed by atoms with Crippen molar-refractivity contribution in [3.8, 4) is 0 Å². The van der Waals surface area contributed by atoms with E-state index in [-0.39, 0.29) is 6.54 Å². The average molecular weight is 641 g/mol. The minimum atomic E-state index is -4.83. The molecular weight excluding hydrogens is 608 g/mol. The molecule has 0 saturated carbocycles. The quantitative estimate of drug-likeness (QED) is 0.250. The molecule has 0 amide bonds. The normalized spacial score (nSPS) is 17.0. The van der Waals surface area contributed by atoms with Gasteiger partial charge in [-0.2, -0.15) is 13.2 Å². The number of hydrogen-bond acceptors (Lipinski definition) is 4. The van der Waals surface area contributed by atoms with Crippen LogP contribution in [0.1, 0.15) is 58.8 Å². The van der Waals surface area contributed by atoms with E-state index < -0.39 is 52.4 Å². The Morgan fingerprint density at radius 1 is 0.889 bits per heavy atom. The van der Waals surface area contributed by atoms with Crippen LogP contribution in [0.3, 0.4) is 0 Å². The molecule has 45 heavy (non-hydrogen) atoms.